The smallest absolute Gasteiger partial charge is 0.284 e. The van der Waals surface area contributed by atoms with Gasteiger partial charge in [-0.05, 0) is 24.3 Å². The first-order valence-corrected chi connectivity index (χ1v) is 7.22. The van der Waals surface area contributed by atoms with Crippen LogP contribution in [0, 0.1) is 0 Å². The predicted octanol–water partition coefficient (Wildman–Crippen LogP) is 1.35. The molecule has 0 atom stereocenters. The van der Waals surface area contributed by atoms with Crippen molar-refractivity contribution in [2.45, 2.75) is 0 Å². The van der Waals surface area contributed by atoms with Crippen molar-refractivity contribution in [1.29, 1.82) is 0 Å². The number of hydrazine groups is 1. The molecule has 0 aliphatic carbocycles. The minimum atomic E-state index is -0.793. The number of hydrogen-bond acceptors (Lipinski definition) is 6. The zero-order valence-corrected chi connectivity index (χ0v) is 13.4. The van der Waals surface area contributed by atoms with Gasteiger partial charge in [-0.15, -0.1) is 0 Å². The molecule has 1 heterocycles. The minimum absolute atomic E-state index is 0.00411. The lowest BCUT2D eigenvalue weighted by molar-refractivity contribution is 0.0516. The minimum Gasteiger partial charge on any atom is -0.507 e. The molecule has 3 amide bonds. The van der Waals surface area contributed by atoms with E-state index in [0.29, 0.717) is 5.01 Å². The van der Waals surface area contributed by atoms with Gasteiger partial charge < -0.3 is 14.6 Å². The number of phenolic OH excluding ortho intramolecular Hbond substituents is 1. The molecule has 0 spiro atoms. The second-order valence-electron chi connectivity index (χ2n) is 5.13. The Balaban J connectivity index is 1.95. The molecule has 128 valence electrons. The fourth-order valence-corrected chi connectivity index (χ4v) is 2.57. The molecule has 0 saturated carbocycles. The molecule has 0 saturated heterocycles. The molecular formula is C17H14N2O6. The molecule has 0 radical (unpaired) electrons. The van der Waals surface area contributed by atoms with Crippen LogP contribution in [-0.4, -0.2) is 42.1 Å². The molecule has 1 aliphatic rings. The normalized spacial score (nSPS) is 12.8. The first-order chi connectivity index (χ1) is 12.0. The number of carbonyl (C=O) groups is 3. The first-order valence-electron chi connectivity index (χ1n) is 7.22. The Kier molecular flexibility index (Phi) is 4.02. The van der Waals surface area contributed by atoms with Crippen LogP contribution in [0.4, 0.5) is 0 Å². The van der Waals surface area contributed by atoms with Crippen LogP contribution < -0.4 is 14.9 Å². The third kappa shape index (κ3) is 2.53. The van der Waals surface area contributed by atoms with Crippen LogP contribution in [0.25, 0.3) is 0 Å². The maximum absolute atomic E-state index is 12.6. The Morgan fingerprint density at radius 2 is 1.76 bits per heavy atom. The number of para-hydroxylation sites is 1. The molecule has 0 unspecified atom stereocenters. The summed E-state index contributed by atoms with van der Waals surface area (Å²) in [6.07, 6.45) is 0. The van der Waals surface area contributed by atoms with Gasteiger partial charge in [0.05, 0.1) is 25.3 Å². The molecule has 3 rings (SSSR count). The number of amides is 3. The number of carbonyl (C=O) groups excluding carboxylic acids is 3. The number of ether oxygens (including phenoxy) is 2. The van der Waals surface area contributed by atoms with E-state index in [-0.39, 0.29) is 33.9 Å². The van der Waals surface area contributed by atoms with Crippen LogP contribution in [0.15, 0.2) is 36.4 Å². The summed E-state index contributed by atoms with van der Waals surface area (Å²) in [4.78, 5) is 37.3. The monoisotopic (exact) mass is 342 g/mol. The average Bonchev–Trinajstić information content (AvgIpc) is 2.86. The number of benzene rings is 2. The fraction of sp³-hybridized carbons (Fsp3) is 0.118. The van der Waals surface area contributed by atoms with Crippen molar-refractivity contribution in [2.75, 3.05) is 14.2 Å². The standard InChI is InChI=1S/C17H14N2O6/c1-24-12-8-7-10-13(14(12)25-2)17(23)19(16(10)22)18-15(21)9-5-3-4-6-11(9)20/h3-8,20H,1-2H3,(H,18,21). The van der Waals surface area contributed by atoms with Crippen molar-refractivity contribution >= 4 is 17.7 Å². The van der Waals surface area contributed by atoms with Crippen molar-refractivity contribution in [3.05, 3.63) is 53.1 Å². The number of aromatic hydroxyl groups is 1. The summed E-state index contributed by atoms with van der Waals surface area (Å²) in [5.41, 5.74) is 2.23. The van der Waals surface area contributed by atoms with E-state index in [1.165, 1.54) is 38.5 Å². The van der Waals surface area contributed by atoms with Crippen molar-refractivity contribution in [3.8, 4) is 17.2 Å². The van der Waals surface area contributed by atoms with Gasteiger partial charge in [-0.25, -0.2) is 0 Å². The number of phenols is 1. The van der Waals surface area contributed by atoms with E-state index in [9.17, 15) is 19.5 Å². The summed E-state index contributed by atoms with van der Waals surface area (Å²) in [5.74, 6) is -2.12. The van der Waals surface area contributed by atoms with Crippen LogP contribution in [0.1, 0.15) is 31.1 Å². The lowest BCUT2D eigenvalue weighted by Crippen LogP contribution is -2.45. The zero-order chi connectivity index (χ0) is 18.1. The van der Waals surface area contributed by atoms with Crippen molar-refractivity contribution in [1.82, 2.24) is 10.4 Å². The second-order valence-corrected chi connectivity index (χ2v) is 5.13. The average molecular weight is 342 g/mol. The van der Waals surface area contributed by atoms with Crippen LogP contribution in [0.3, 0.4) is 0 Å². The fourth-order valence-electron chi connectivity index (χ4n) is 2.57. The highest BCUT2D eigenvalue weighted by atomic mass is 16.5. The summed E-state index contributed by atoms with van der Waals surface area (Å²) in [5, 5.41) is 10.3. The number of methoxy groups -OCH3 is 2. The molecule has 2 N–H and O–H groups in total. The Labute approximate surface area is 142 Å². The number of fused-ring (bicyclic) bond motifs is 1. The molecule has 2 aromatic rings. The van der Waals surface area contributed by atoms with Crippen molar-refractivity contribution in [2.24, 2.45) is 0 Å². The van der Waals surface area contributed by atoms with Gasteiger partial charge in [0.2, 0.25) is 0 Å². The Hall–Kier alpha value is -3.55. The largest absolute Gasteiger partial charge is 0.507 e. The number of nitrogens with one attached hydrogen (secondary N) is 1. The van der Waals surface area contributed by atoms with Gasteiger partial charge in [0, 0.05) is 0 Å². The lowest BCUT2D eigenvalue weighted by Gasteiger charge is -2.15. The predicted molar refractivity (Wildman–Crippen MR) is 85.6 cm³/mol. The van der Waals surface area contributed by atoms with E-state index in [1.54, 1.807) is 12.1 Å². The summed E-state index contributed by atoms with van der Waals surface area (Å²) in [7, 11) is 2.75. The Morgan fingerprint density at radius 1 is 1.04 bits per heavy atom. The molecular weight excluding hydrogens is 328 g/mol. The number of hydrogen-bond donors (Lipinski definition) is 2. The second kappa shape index (κ2) is 6.16. The summed E-state index contributed by atoms with van der Waals surface area (Å²) < 4.78 is 10.3. The summed E-state index contributed by atoms with van der Waals surface area (Å²) >= 11 is 0. The van der Waals surface area contributed by atoms with Gasteiger partial charge in [-0.1, -0.05) is 12.1 Å². The Morgan fingerprint density at radius 3 is 2.40 bits per heavy atom. The molecule has 8 heteroatoms. The van der Waals surface area contributed by atoms with Crippen LogP contribution >= 0.6 is 0 Å². The number of nitrogens with zero attached hydrogens (tertiary/aromatic N) is 1. The van der Waals surface area contributed by atoms with Crippen LogP contribution in [0.5, 0.6) is 17.2 Å². The molecule has 0 fully saturated rings. The quantitative estimate of drug-likeness (QED) is 0.813. The third-order valence-electron chi connectivity index (χ3n) is 3.76. The number of rotatable bonds is 4. The van der Waals surface area contributed by atoms with E-state index >= 15 is 0 Å². The topological polar surface area (TPSA) is 105 Å². The van der Waals surface area contributed by atoms with E-state index < -0.39 is 17.7 Å². The zero-order valence-electron chi connectivity index (χ0n) is 13.4. The highest BCUT2D eigenvalue weighted by Crippen LogP contribution is 2.37. The molecule has 1 aliphatic heterocycles. The highest BCUT2D eigenvalue weighted by molar-refractivity contribution is 6.23. The van der Waals surface area contributed by atoms with Gasteiger partial charge in [0.15, 0.2) is 11.5 Å². The first kappa shape index (κ1) is 16.3. The van der Waals surface area contributed by atoms with E-state index in [2.05, 4.69) is 5.43 Å². The molecule has 25 heavy (non-hydrogen) atoms. The van der Waals surface area contributed by atoms with Gasteiger partial charge in [-0.3, -0.25) is 19.8 Å². The molecule has 0 aromatic heterocycles. The van der Waals surface area contributed by atoms with Crippen molar-refractivity contribution in [3.63, 3.8) is 0 Å². The van der Waals surface area contributed by atoms with Gasteiger partial charge >= 0.3 is 0 Å². The molecule has 2 aromatic carbocycles. The Bertz CT molecular complexity index is 893. The lowest BCUT2D eigenvalue weighted by atomic mass is 10.1. The van der Waals surface area contributed by atoms with Gasteiger partial charge in [0.25, 0.3) is 17.7 Å². The highest BCUT2D eigenvalue weighted by Gasteiger charge is 2.41. The molecule has 0 bridgehead atoms. The van der Waals surface area contributed by atoms with Gasteiger partial charge in [0.1, 0.15) is 11.3 Å². The third-order valence-corrected chi connectivity index (χ3v) is 3.76. The van der Waals surface area contributed by atoms with Crippen LogP contribution in [0.2, 0.25) is 0 Å². The van der Waals surface area contributed by atoms with Crippen molar-refractivity contribution < 1.29 is 29.0 Å². The maximum Gasteiger partial charge on any atom is 0.284 e. The van der Waals surface area contributed by atoms with Gasteiger partial charge in [-0.2, -0.15) is 5.01 Å². The van der Waals surface area contributed by atoms with Crippen LogP contribution in [-0.2, 0) is 0 Å². The maximum atomic E-state index is 12.6. The molecule has 8 nitrogen and oxygen atoms in total. The SMILES string of the molecule is COc1ccc2c(c1OC)C(=O)N(NC(=O)c1ccccc1O)C2=O. The van der Waals surface area contributed by atoms with E-state index in [1.807, 2.05) is 0 Å². The summed E-state index contributed by atoms with van der Waals surface area (Å²) in [6.45, 7) is 0. The van der Waals surface area contributed by atoms with E-state index in [4.69, 9.17) is 9.47 Å². The summed E-state index contributed by atoms with van der Waals surface area (Å²) in [6, 6.07) is 8.70. The van der Waals surface area contributed by atoms with E-state index in [0.717, 1.165) is 0 Å². The number of imide groups is 1.